The van der Waals surface area contributed by atoms with E-state index in [1.807, 2.05) is 0 Å². The van der Waals surface area contributed by atoms with Gasteiger partial charge in [0.25, 0.3) is 5.91 Å². The topological polar surface area (TPSA) is 119 Å². The molecule has 2 heterocycles. The van der Waals surface area contributed by atoms with E-state index in [1.165, 1.54) is 16.6 Å². The predicted octanol–water partition coefficient (Wildman–Crippen LogP) is 0.361. The SMILES string of the molecule is Cn1cc([N+](=O)[O-])c(C(=O)N2CCSCC2CC(=O)O)n1. The van der Waals surface area contributed by atoms with E-state index in [1.54, 1.807) is 11.8 Å². The lowest BCUT2D eigenvalue weighted by atomic mass is 10.1. The molecule has 1 aliphatic rings. The van der Waals surface area contributed by atoms with Crippen molar-refractivity contribution in [2.45, 2.75) is 12.5 Å². The molecule has 114 valence electrons. The molecule has 10 heteroatoms. The molecule has 2 rings (SSSR count). The van der Waals surface area contributed by atoms with Crippen molar-refractivity contribution in [1.29, 1.82) is 0 Å². The van der Waals surface area contributed by atoms with Gasteiger partial charge in [0.05, 0.1) is 17.4 Å². The minimum absolute atomic E-state index is 0.181. The summed E-state index contributed by atoms with van der Waals surface area (Å²) in [5.74, 6) is -0.425. The summed E-state index contributed by atoms with van der Waals surface area (Å²) < 4.78 is 1.20. The first-order chi connectivity index (χ1) is 9.90. The van der Waals surface area contributed by atoms with Gasteiger partial charge < -0.3 is 10.0 Å². The van der Waals surface area contributed by atoms with Crippen LogP contribution in [0.3, 0.4) is 0 Å². The van der Waals surface area contributed by atoms with Crippen molar-refractivity contribution >= 4 is 29.3 Å². The van der Waals surface area contributed by atoms with E-state index < -0.39 is 22.8 Å². The van der Waals surface area contributed by atoms with Crippen LogP contribution in [-0.4, -0.2) is 60.7 Å². The van der Waals surface area contributed by atoms with Crippen LogP contribution in [0.1, 0.15) is 16.9 Å². The predicted molar refractivity (Wildman–Crippen MR) is 74.3 cm³/mol. The van der Waals surface area contributed by atoms with Crippen molar-refractivity contribution in [2.24, 2.45) is 7.05 Å². The van der Waals surface area contributed by atoms with Crippen molar-refractivity contribution < 1.29 is 19.6 Å². The van der Waals surface area contributed by atoms with Crippen molar-refractivity contribution in [2.75, 3.05) is 18.1 Å². The fourth-order valence-corrected chi connectivity index (χ4v) is 3.25. The average molecular weight is 314 g/mol. The second-order valence-electron chi connectivity index (χ2n) is 4.62. The van der Waals surface area contributed by atoms with Crippen LogP contribution in [0.2, 0.25) is 0 Å². The molecular weight excluding hydrogens is 300 g/mol. The second kappa shape index (κ2) is 6.12. The van der Waals surface area contributed by atoms with Crippen molar-refractivity contribution in [3.63, 3.8) is 0 Å². The number of aryl methyl sites for hydroxylation is 1. The van der Waals surface area contributed by atoms with E-state index >= 15 is 0 Å². The maximum absolute atomic E-state index is 12.5. The van der Waals surface area contributed by atoms with Crippen LogP contribution in [0.4, 0.5) is 5.69 Å². The van der Waals surface area contributed by atoms with E-state index in [9.17, 15) is 19.7 Å². The Labute approximate surface area is 124 Å². The molecule has 1 aliphatic heterocycles. The Morgan fingerprint density at radius 2 is 2.33 bits per heavy atom. The highest BCUT2D eigenvalue weighted by Gasteiger charge is 2.34. The van der Waals surface area contributed by atoms with Gasteiger partial charge in [-0.05, 0) is 0 Å². The number of carbonyl (C=O) groups is 2. The second-order valence-corrected chi connectivity index (χ2v) is 5.77. The van der Waals surface area contributed by atoms with Crippen LogP contribution in [-0.2, 0) is 11.8 Å². The first kappa shape index (κ1) is 15.3. The molecule has 0 spiro atoms. The standard InChI is InChI=1S/C11H14N4O5S/c1-13-5-8(15(19)20)10(12-13)11(18)14-2-3-21-6-7(14)4-9(16)17/h5,7H,2-4,6H2,1H3,(H,16,17). The monoisotopic (exact) mass is 314 g/mol. The minimum Gasteiger partial charge on any atom is -0.481 e. The number of aromatic nitrogens is 2. The van der Waals surface area contributed by atoms with Gasteiger partial charge in [-0.2, -0.15) is 16.9 Å². The van der Waals surface area contributed by atoms with E-state index in [0.717, 1.165) is 6.20 Å². The van der Waals surface area contributed by atoms with Gasteiger partial charge in [0.2, 0.25) is 5.69 Å². The van der Waals surface area contributed by atoms with Crippen LogP contribution in [0, 0.1) is 10.1 Å². The van der Waals surface area contributed by atoms with E-state index in [0.29, 0.717) is 18.1 Å². The Balaban J connectivity index is 2.28. The highest BCUT2D eigenvalue weighted by molar-refractivity contribution is 7.99. The summed E-state index contributed by atoms with van der Waals surface area (Å²) in [6, 6.07) is -0.477. The molecule has 0 saturated carbocycles. The summed E-state index contributed by atoms with van der Waals surface area (Å²) in [6.45, 7) is 0.356. The minimum atomic E-state index is -1.00. The lowest BCUT2D eigenvalue weighted by Crippen LogP contribution is -2.47. The Morgan fingerprint density at radius 1 is 1.62 bits per heavy atom. The molecule has 1 aromatic rings. The van der Waals surface area contributed by atoms with Gasteiger partial charge in [-0.25, -0.2) is 0 Å². The highest BCUT2D eigenvalue weighted by atomic mass is 32.2. The van der Waals surface area contributed by atoms with Crippen LogP contribution in [0.15, 0.2) is 6.20 Å². The maximum Gasteiger partial charge on any atom is 0.320 e. The van der Waals surface area contributed by atoms with Crippen molar-refractivity contribution in [3.8, 4) is 0 Å². The number of aliphatic carboxylic acids is 1. The third-order valence-electron chi connectivity index (χ3n) is 3.11. The number of thioether (sulfide) groups is 1. The molecule has 0 bridgehead atoms. The third-order valence-corrected chi connectivity index (χ3v) is 4.20. The molecule has 0 aliphatic carbocycles. The summed E-state index contributed by atoms with van der Waals surface area (Å²) in [6.07, 6.45) is 0.984. The van der Waals surface area contributed by atoms with Crippen molar-refractivity contribution in [1.82, 2.24) is 14.7 Å². The number of carboxylic acids is 1. The fourth-order valence-electron chi connectivity index (χ4n) is 2.19. The molecule has 1 aromatic heterocycles. The summed E-state index contributed by atoms with van der Waals surface area (Å²) in [5, 5.41) is 23.7. The lowest BCUT2D eigenvalue weighted by Gasteiger charge is -2.33. The third kappa shape index (κ3) is 3.32. The number of hydrogen-bond donors (Lipinski definition) is 1. The normalized spacial score (nSPS) is 18.5. The summed E-state index contributed by atoms with van der Waals surface area (Å²) >= 11 is 1.56. The molecule has 0 aromatic carbocycles. The number of carboxylic acid groups (broad SMARTS) is 1. The molecule has 1 saturated heterocycles. The van der Waals surface area contributed by atoms with E-state index in [2.05, 4.69) is 5.10 Å². The van der Waals surface area contributed by atoms with E-state index in [-0.39, 0.29) is 17.8 Å². The summed E-state index contributed by atoms with van der Waals surface area (Å²) in [4.78, 5) is 35.0. The van der Waals surface area contributed by atoms with Gasteiger partial charge in [-0.15, -0.1) is 0 Å². The lowest BCUT2D eigenvalue weighted by molar-refractivity contribution is -0.385. The molecule has 21 heavy (non-hydrogen) atoms. The highest BCUT2D eigenvalue weighted by Crippen LogP contribution is 2.24. The Bertz CT molecular complexity index is 587. The molecule has 9 nitrogen and oxygen atoms in total. The van der Waals surface area contributed by atoms with Gasteiger partial charge in [-0.3, -0.25) is 24.4 Å². The first-order valence-electron chi connectivity index (χ1n) is 6.18. The Morgan fingerprint density at radius 3 is 2.95 bits per heavy atom. The molecular formula is C11H14N4O5S. The van der Waals surface area contributed by atoms with Crippen molar-refractivity contribution in [3.05, 3.63) is 22.0 Å². The number of rotatable bonds is 4. The maximum atomic E-state index is 12.5. The van der Waals surface area contributed by atoms with Gasteiger partial charge in [-0.1, -0.05) is 0 Å². The number of nitro groups is 1. The zero-order valence-electron chi connectivity index (χ0n) is 11.3. The van der Waals surface area contributed by atoms with E-state index in [4.69, 9.17) is 5.11 Å². The first-order valence-corrected chi connectivity index (χ1v) is 7.34. The fraction of sp³-hybridized carbons (Fsp3) is 0.545. The molecule has 1 fully saturated rings. The number of amides is 1. The van der Waals surface area contributed by atoms with Crippen LogP contribution < -0.4 is 0 Å². The number of hydrogen-bond acceptors (Lipinski definition) is 6. The quantitative estimate of drug-likeness (QED) is 0.629. The van der Waals surface area contributed by atoms with Crippen LogP contribution >= 0.6 is 11.8 Å². The zero-order chi connectivity index (χ0) is 15.6. The molecule has 1 N–H and O–H groups in total. The number of nitrogens with zero attached hydrogens (tertiary/aromatic N) is 4. The molecule has 1 amide bonds. The van der Waals surface area contributed by atoms with Crippen LogP contribution in [0.25, 0.3) is 0 Å². The van der Waals surface area contributed by atoms with Crippen LogP contribution in [0.5, 0.6) is 0 Å². The average Bonchev–Trinajstić information content (AvgIpc) is 2.80. The molecule has 1 atom stereocenters. The smallest absolute Gasteiger partial charge is 0.320 e. The summed E-state index contributed by atoms with van der Waals surface area (Å²) in [7, 11) is 1.49. The van der Waals surface area contributed by atoms with Gasteiger partial charge in [0.1, 0.15) is 6.20 Å². The molecule has 0 radical (unpaired) electrons. The molecule has 1 unspecified atom stereocenters. The van der Waals surface area contributed by atoms with Gasteiger partial charge in [0.15, 0.2) is 0 Å². The van der Waals surface area contributed by atoms with Gasteiger partial charge >= 0.3 is 11.7 Å². The largest absolute Gasteiger partial charge is 0.481 e. The Hall–Kier alpha value is -2.10. The summed E-state index contributed by atoms with van der Waals surface area (Å²) in [5.41, 5.74) is -0.611. The van der Waals surface area contributed by atoms with Gasteiger partial charge in [0, 0.05) is 25.1 Å². The Kier molecular flexibility index (Phi) is 4.46. The number of carbonyl (C=O) groups excluding carboxylic acids is 1. The zero-order valence-corrected chi connectivity index (χ0v) is 12.1.